The highest BCUT2D eigenvalue weighted by Crippen LogP contribution is 2.33. The Hall–Kier alpha value is -1.99. The van der Waals surface area contributed by atoms with E-state index in [2.05, 4.69) is 5.10 Å². The van der Waals surface area contributed by atoms with Gasteiger partial charge in [-0.05, 0) is 51.1 Å². The number of amides is 1. The van der Waals surface area contributed by atoms with Crippen molar-refractivity contribution in [3.05, 3.63) is 51.9 Å². The summed E-state index contributed by atoms with van der Waals surface area (Å²) in [5.74, 6) is -0.357. The first-order valence-corrected chi connectivity index (χ1v) is 8.72. The number of rotatable bonds is 3. The molecule has 1 amide bonds. The molecule has 1 saturated heterocycles. The summed E-state index contributed by atoms with van der Waals surface area (Å²) in [6.45, 7) is 6.28. The van der Waals surface area contributed by atoms with Crippen molar-refractivity contribution < 1.29 is 9.18 Å². The molecule has 0 bridgehead atoms. The van der Waals surface area contributed by atoms with Gasteiger partial charge in [0.2, 0.25) is 0 Å². The first-order valence-electron chi connectivity index (χ1n) is 7.50. The molecule has 1 aliphatic heterocycles. The summed E-state index contributed by atoms with van der Waals surface area (Å²) in [4.78, 5) is 14.6. The highest BCUT2D eigenvalue weighted by atomic mass is 32.2. The minimum atomic E-state index is -0.288. The highest BCUT2D eigenvalue weighted by Gasteiger charge is 2.31. The quantitative estimate of drug-likeness (QED) is 0.615. The van der Waals surface area contributed by atoms with Crippen molar-refractivity contribution in [3.63, 3.8) is 0 Å². The van der Waals surface area contributed by atoms with Gasteiger partial charge in [-0.15, -0.1) is 0 Å². The van der Waals surface area contributed by atoms with Crippen LogP contribution in [0.3, 0.4) is 0 Å². The molecule has 1 fully saturated rings. The lowest BCUT2D eigenvalue weighted by Gasteiger charge is -2.09. The monoisotopic (exact) mass is 361 g/mol. The van der Waals surface area contributed by atoms with E-state index in [4.69, 9.17) is 12.2 Å². The topological polar surface area (TPSA) is 38.1 Å². The molecule has 1 aliphatic rings. The lowest BCUT2D eigenvalue weighted by molar-refractivity contribution is -0.121. The van der Waals surface area contributed by atoms with Gasteiger partial charge in [-0.2, -0.15) is 5.10 Å². The SMILES string of the molecule is CCN1C(=O)/C(=C\c2c(C)nn(-c3ccc(F)cc3)c2C)SC1=S. The Labute approximate surface area is 149 Å². The number of halogens is 1. The van der Waals surface area contributed by atoms with E-state index in [-0.39, 0.29) is 11.7 Å². The van der Waals surface area contributed by atoms with Crippen molar-refractivity contribution in [1.29, 1.82) is 0 Å². The average molecular weight is 361 g/mol. The summed E-state index contributed by atoms with van der Waals surface area (Å²) in [6, 6.07) is 6.15. The molecule has 124 valence electrons. The van der Waals surface area contributed by atoms with Crippen LogP contribution in [0, 0.1) is 19.7 Å². The summed E-state index contributed by atoms with van der Waals surface area (Å²) >= 11 is 6.55. The molecule has 0 unspecified atom stereocenters. The van der Waals surface area contributed by atoms with Gasteiger partial charge in [-0.1, -0.05) is 24.0 Å². The number of thioether (sulfide) groups is 1. The Kier molecular flexibility index (Phi) is 4.56. The maximum Gasteiger partial charge on any atom is 0.266 e. The van der Waals surface area contributed by atoms with E-state index < -0.39 is 0 Å². The van der Waals surface area contributed by atoms with E-state index in [1.807, 2.05) is 26.8 Å². The van der Waals surface area contributed by atoms with E-state index >= 15 is 0 Å². The maximum absolute atomic E-state index is 13.1. The van der Waals surface area contributed by atoms with Crippen LogP contribution in [0.1, 0.15) is 23.9 Å². The van der Waals surface area contributed by atoms with E-state index in [0.717, 1.165) is 22.6 Å². The Balaban J connectivity index is 2.01. The smallest absolute Gasteiger partial charge is 0.266 e. The van der Waals surface area contributed by atoms with Crippen molar-refractivity contribution in [2.75, 3.05) is 6.54 Å². The molecular weight excluding hydrogens is 345 g/mol. The lowest BCUT2D eigenvalue weighted by Crippen LogP contribution is -2.27. The minimum Gasteiger partial charge on any atom is -0.293 e. The first kappa shape index (κ1) is 16.9. The molecule has 3 rings (SSSR count). The minimum absolute atomic E-state index is 0.0687. The number of nitrogens with zero attached hydrogens (tertiary/aromatic N) is 3. The van der Waals surface area contributed by atoms with Crippen LogP contribution in [0.4, 0.5) is 4.39 Å². The van der Waals surface area contributed by atoms with Crippen molar-refractivity contribution in [2.45, 2.75) is 20.8 Å². The predicted molar refractivity (Wildman–Crippen MR) is 98.5 cm³/mol. The number of benzene rings is 1. The summed E-state index contributed by atoms with van der Waals surface area (Å²) < 4.78 is 15.4. The zero-order valence-corrected chi connectivity index (χ0v) is 15.2. The summed E-state index contributed by atoms with van der Waals surface area (Å²) in [7, 11) is 0. The Morgan fingerprint density at radius 2 is 1.96 bits per heavy atom. The van der Waals surface area contributed by atoms with Crippen LogP contribution in [0.25, 0.3) is 11.8 Å². The van der Waals surface area contributed by atoms with Crippen molar-refractivity contribution in [1.82, 2.24) is 14.7 Å². The molecule has 0 N–H and O–H groups in total. The zero-order valence-electron chi connectivity index (χ0n) is 13.5. The Bertz CT molecular complexity index is 855. The lowest BCUT2D eigenvalue weighted by atomic mass is 10.1. The van der Waals surface area contributed by atoms with Crippen LogP contribution in [0.15, 0.2) is 29.2 Å². The molecule has 0 saturated carbocycles. The van der Waals surface area contributed by atoms with Crippen molar-refractivity contribution >= 4 is 40.3 Å². The van der Waals surface area contributed by atoms with Crippen LogP contribution in [-0.4, -0.2) is 31.5 Å². The number of likely N-dealkylation sites (N-methyl/N-ethyl adjacent to an activating group) is 1. The van der Waals surface area contributed by atoms with Gasteiger partial charge in [0, 0.05) is 17.8 Å². The molecule has 1 aromatic carbocycles. The molecule has 0 atom stereocenters. The molecule has 24 heavy (non-hydrogen) atoms. The molecule has 2 aromatic rings. The average Bonchev–Trinajstić information content (AvgIpc) is 2.98. The maximum atomic E-state index is 13.1. The third kappa shape index (κ3) is 2.89. The van der Waals surface area contributed by atoms with Gasteiger partial charge in [-0.25, -0.2) is 9.07 Å². The molecular formula is C17H16FN3OS2. The fourth-order valence-corrected chi connectivity index (χ4v) is 3.97. The van der Waals surface area contributed by atoms with Gasteiger partial charge >= 0.3 is 0 Å². The number of thiocarbonyl (C=S) groups is 1. The van der Waals surface area contributed by atoms with Crippen LogP contribution in [0.2, 0.25) is 0 Å². The fraction of sp³-hybridized carbons (Fsp3) is 0.235. The summed E-state index contributed by atoms with van der Waals surface area (Å²) in [5, 5.41) is 4.52. The second kappa shape index (κ2) is 6.49. The highest BCUT2D eigenvalue weighted by molar-refractivity contribution is 8.26. The van der Waals surface area contributed by atoms with Crippen LogP contribution < -0.4 is 0 Å². The van der Waals surface area contributed by atoms with Crippen LogP contribution in [0.5, 0.6) is 0 Å². The van der Waals surface area contributed by atoms with Gasteiger partial charge in [0.15, 0.2) is 0 Å². The standard InChI is InChI=1S/C17H16FN3OS2/c1-4-20-16(22)15(24-17(20)23)9-14-10(2)19-21(11(14)3)13-7-5-12(18)6-8-13/h5-9H,4H2,1-3H3/b15-9+. The van der Waals surface area contributed by atoms with Crippen molar-refractivity contribution in [3.8, 4) is 5.69 Å². The van der Waals surface area contributed by atoms with Gasteiger partial charge in [-0.3, -0.25) is 9.69 Å². The molecule has 7 heteroatoms. The third-order valence-electron chi connectivity index (χ3n) is 3.88. The third-order valence-corrected chi connectivity index (χ3v) is 5.26. The fourth-order valence-electron chi connectivity index (χ4n) is 2.60. The second-order valence-electron chi connectivity index (χ2n) is 5.40. The number of aromatic nitrogens is 2. The molecule has 2 heterocycles. The van der Waals surface area contributed by atoms with Crippen LogP contribution >= 0.6 is 24.0 Å². The molecule has 1 aromatic heterocycles. The number of hydrogen-bond donors (Lipinski definition) is 0. The largest absolute Gasteiger partial charge is 0.293 e. The van der Waals surface area contributed by atoms with Gasteiger partial charge in [0.25, 0.3) is 5.91 Å². The van der Waals surface area contributed by atoms with Gasteiger partial charge < -0.3 is 0 Å². The van der Waals surface area contributed by atoms with Crippen molar-refractivity contribution in [2.24, 2.45) is 0 Å². The zero-order chi connectivity index (χ0) is 17.4. The van der Waals surface area contributed by atoms with Gasteiger partial charge in [0.1, 0.15) is 10.1 Å². The molecule has 0 radical (unpaired) electrons. The molecule has 4 nitrogen and oxygen atoms in total. The number of carbonyl (C=O) groups excluding carboxylic acids is 1. The van der Waals surface area contributed by atoms with Gasteiger partial charge in [0.05, 0.1) is 16.3 Å². The van der Waals surface area contributed by atoms with E-state index in [9.17, 15) is 9.18 Å². The van der Waals surface area contributed by atoms with Crippen LogP contribution in [-0.2, 0) is 4.79 Å². The normalized spacial score (nSPS) is 16.5. The Morgan fingerprint density at radius 1 is 1.29 bits per heavy atom. The van der Waals surface area contributed by atoms with E-state index in [1.165, 1.54) is 23.9 Å². The molecule has 0 spiro atoms. The molecule has 0 aliphatic carbocycles. The summed E-state index contributed by atoms with van der Waals surface area (Å²) in [5.41, 5.74) is 3.35. The predicted octanol–water partition coefficient (Wildman–Crippen LogP) is 3.85. The van der Waals surface area contributed by atoms with E-state index in [0.29, 0.717) is 15.8 Å². The number of aryl methyl sites for hydroxylation is 1. The number of hydrogen-bond acceptors (Lipinski definition) is 4. The number of carbonyl (C=O) groups is 1. The van der Waals surface area contributed by atoms with E-state index in [1.54, 1.807) is 21.7 Å². The summed E-state index contributed by atoms with van der Waals surface area (Å²) in [6.07, 6.45) is 1.84. The second-order valence-corrected chi connectivity index (χ2v) is 7.07. The Morgan fingerprint density at radius 3 is 2.54 bits per heavy atom. The first-order chi connectivity index (χ1) is 11.4.